The van der Waals surface area contributed by atoms with Gasteiger partial charge in [-0.05, 0) is 38.9 Å². The number of rotatable bonds is 15. The number of para-hydroxylation sites is 1. The fourth-order valence-corrected chi connectivity index (χ4v) is 3.45. The van der Waals surface area contributed by atoms with Crippen LogP contribution in [-0.2, 0) is 16.0 Å². The molecule has 1 saturated heterocycles. The summed E-state index contributed by atoms with van der Waals surface area (Å²) in [5.41, 5.74) is 1.10. The van der Waals surface area contributed by atoms with Crippen molar-refractivity contribution in [2.45, 2.75) is 40.2 Å². The fraction of sp³-hybridized carbons (Fsp3) is 0.708. The minimum absolute atomic E-state index is 0. The van der Waals surface area contributed by atoms with E-state index in [4.69, 9.17) is 19.2 Å². The minimum atomic E-state index is 0. The highest BCUT2D eigenvalue weighted by Crippen LogP contribution is 2.19. The van der Waals surface area contributed by atoms with E-state index in [0.29, 0.717) is 19.1 Å². The number of nitrogens with zero attached hydrogens (tertiary/aromatic N) is 2. The average molecular weight is 563 g/mol. The summed E-state index contributed by atoms with van der Waals surface area (Å²) < 4.78 is 17.2. The molecule has 1 aromatic carbocycles. The van der Waals surface area contributed by atoms with Crippen molar-refractivity contribution < 1.29 is 14.2 Å². The maximum Gasteiger partial charge on any atom is 0.191 e. The summed E-state index contributed by atoms with van der Waals surface area (Å²) in [6.07, 6.45) is 2.07. The van der Waals surface area contributed by atoms with Crippen molar-refractivity contribution in [2.24, 2.45) is 10.9 Å². The summed E-state index contributed by atoms with van der Waals surface area (Å²) in [6.45, 7) is 15.7. The van der Waals surface area contributed by atoms with E-state index in [9.17, 15) is 0 Å². The Morgan fingerprint density at radius 3 is 2.69 bits per heavy atom. The number of hydrogen-bond donors (Lipinski definition) is 2. The molecule has 1 fully saturated rings. The molecule has 1 aromatic rings. The Balaban J connectivity index is 0.00000512. The second kappa shape index (κ2) is 18.3. The zero-order valence-electron chi connectivity index (χ0n) is 20.1. The normalized spacial score (nSPS) is 16.1. The smallest absolute Gasteiger partial charge is 0.191 e. The largest absolute Gasteiger partial charge is 0.492 e. The van der Waals surface area contributed by atoms with Crippen molar-refractivity contribution >= 4 is 29.9 Å². The highest BCUT2D eigenvalue weighted by Gasteiger charge is 2.15. The van der Waals surface area contributed by atoms with Crippen LogP contribution in [0.1, 0.15) is 39.2 Å². The van der Waals surface area contributed by atoms with Gasteiger partial charge in [-0.2, -0.15) is 0 Å². The van der Waals surface area contributed by atoms with Crippen LogP contribution in [-0.4, -0.2) is 76.6 Å². The molecule has 8 heteroatoms. The van der Waals surface area contributed by atoms with Gasteiger partial charge in [-0.25, -0.2) is 4.99 Å². The molecule has 32 heavy (non-hydrogen) atoms. The Hall–Kier alpha value is -1.10. The number of ether oxygens (including phenoxy) is 3. The molecule has 1 heterocycles. The summed E-state index contributed by atoms with van der Waals surface area (Å²) in [7, 11) is 0. The zero-order chi connectivity index (χ0) is 22.2. The van der Waals surface area contributed by atoms with Gasteiger partial charge in [0.15, 0.2) is 5.96 Å². The molecule has 7 nitrogen and oxygen atoms in total. The molecule has 1 atom stereocenters. The first-order chi connectivity index (χ1) is 15.3. The van der Waals surface area contributed by atoms with Gasteiger partial charge in [0.2, 0.25) is 0 Å². The Bertz CT molecular complexity index is 623. The molecular formula is C24H43IN4O3. The predicted molar refractivity (Wildman–Crippen MR) is 142 cm³/mol. The van der Waals surface area contributed by atoms with E-state index >= 15 is 0 Å². The van der Waals surface area contributed by atoms with Gasteiger partial charge in [0.25, 0.3) is 0 Å². The van der Waals surface area contributed by atoms with Gasteiger partial charge in [-0.1, -0.05) is 32.0 Å². The van der Waals surface area contributed by atoms with Crippen molar-refractivity contribution in [1.82, 2.24) is 15.5 Å². The average Bonchev–Trinajstić information content (AvgIpc) is 3.31. The van der Waals surface area contributed by atoms with Gasteiger partial charge in [0, 0.05) is 44.3 Å². The molecule has 2 N–H and O–H groups in total. The molecule has 0 spiro atoms. The SMILES string of the molecule is CCNC(=NCc1ccccc1OCCN(CC)CC)NCCCOCC1CCOC1.I. The lowest BCUT2D eigenvalue weighted by atomic mass is 10.1. The number of nitrogens with one attached hydrogen (secondary N) is 2. The number of likely N-dealkylation sites (N-methyl/N-ethyl adjacent to an activating group) is 1. The molecule has 0 amide bonds. The molecule has 0 aliphatic carbocycles. The second-order valence-electron chi connectivity index (χ2n) is 7.76. The van der Waals surface area contributed by atoms with Crippen LogP contribution in [0.3, 0.4) is 0 Å². The lowest BCUT2D eigenvalue weighted by molar-refractivity contribution is 0.0888. The third-order valence-electron chi connectivity index (χ3n) is 5.42. The van der Waals surface area contributed by atoms with E-state index in [2.05, 4.69) is 42.4 Å². The summed E-state index contributed by atoms with van der Waals surface area (Å²) in [5, 5.41) is 6.71. The number of aliphatic imine (C=N–C) groups is 1. The molecule has 1 aliphatic rings. The quantitative estimate of drug-likeness (QED) is 0.148. The van der Waals surface area contributed by atoms with Crippen LogP contribution in [0.15, 0.2) is 29.3 Å². The molecule has 0 aromatic heterocycles. The van der Waals surface area contributed by atoms with E-state index in [1.54, 1.807) is 0 Å². The van der Waals surface area contributed by atoms with E-state index in [0.717, 1.165) is 89.3 Å². The molecule has 0 bridgehead atoms. The van der Waals surface area contributed by atoms with Crippen LogP contribution in [0.4, 0.5) is 0 Å². The zero-order valence-corrected chi connectivity index (χ0v) is 22.4. The van der Waals surface area contributed by atoms with Crippen LogP contribution >= 0.6 is 24.0 Å². The Morgan fingerprint density at radius 1 is 1.16 bits per heavy atom. The number of hydrogen-bond acceptors (Lipinski definition) is 5. The van der Waals surface area contributed by atoms with E-state index in [1.807, 2.05) is 18.2 Å². The van der Waals surface area contributed by atoms with Crippen LogP contribution in [0.25, 0.3) is 0 Å². The maximum atomic E-state index is 6.05. The van der Waals surface area contributed by atoms with E-state index in [-0.39, 0.29) is 24.0 Å². The van der Waals surface area contributed by atoms with Crippen molar-refractivity contribution in [2.75, 3.05) is 65.8 Å². The summed E-state index contributed by atoms with van der Waals surface area (Å²) in [6, 6.07) is 8.16. The van der Waals surface area contributed by atoms with Crippen LogP contribution in [0.5, 0.6) is 5.75 Å². The van der Waals surface area contributed by atoms with Crippen LogP contribution in [0.2, 0.25) is 0 Å². The predicted octanol–water partition coefficient (Wildman–Crippen LogP) is 3.52. The van der Waals surface area contributed by atoms with Crippen molar-refractivity contribution in [3.63, 3.8) is 0 Å². The second-order valence-corrected chi connectivity index (χ2v) is 7.76. The van der Waals surface area contributed by atoms with Gasteiger partial charge in [-0.15, -0.1) is 24.0 Å². The first-order valence-electron chi connectivity index (χ1n) is 11.9. The molecule has 0 saturated carbocycles. The highest BCUT2D eigenvalue weighted by atomic mass is 127. The molecular weight excluding hydrogens is 519 g/mol. The van der Waals surface area contributed by atoms with Gasteiger partial charge in [-0.3, -0.25) is 0 Å². The molecule has 1 aliphatic heterocycles. The number of benzene rings is 1. The Labute approximate surface area is 211 Å². The number of halogens is 1. The topological polar surface area (TPSA) is 67.4 Å². The monoisotopic (exact) mass is 562 g/mol. The van der Waals surface area contributed by atoms with Crippen molar-refractivity contribution in [3.8, 4) is 5.75 Å². The first kappa shape index (κ1) is 28.9. The number of guanidine groups is 1. The summed E-state index contributed by atoms with van der Waals surface area (Å²) in [4.78, 5) is 7.11. The van der Waals surface area contributed by atoms with E-state index in [1.165, 1.54) is 0 Å². The Kier molecular flexibility index (Phi) is 16.6. The van der Waals surface area contributed by atoms with Gasteiger partial charge >= 0.3 is 0 Å². The molecule has 1 unspecified atom stereocenters. The minimum Gasteiger partial charge on any atom is -0.492 e. The van der Waals surface area contributed by atoms with Gasteiger partial charge < -0.3 is 29.7 Å². The Morgan fingerprint density at radius 2 is 1.97 bits per heavy atom. The summed E-state index contributed by atoms with van der Waals surface area (Å²) >= 11 is 0. The maximum absolute atomic E-state index is 6.05. The third kappa shape index (κ3) is 11.7. The van der Waals surface area contributed by atoms with Gasteiger partial charge in [0.05, 0.1) is 19.8 Å². The van der Waals surface area contributed by atoms with Gasteiger partial charge in [0.1, 0.15) is 12.4 Å². The highest BCUT2D eigenvalue weighted by molar-refractivity contribution is 14.0. The molecule has 2 rings (SSSR count). The third-order valence-corrected chi connectivity index (χ3v) is 5.42. The summed E-state index contributed by atoms with van der Waals surface area (Å²) in [5.74, 6) is 2.31. The van der Waals surface area contributed by atoms with Crippen molar-refractivity contribution in [3.05, 3.63) is 29.8 Å². The standard InChI is InChI=1S/C24H42N4O3.HI/c1-4-25-24(26-13-9-15-29-19-21-12-16-30-20-21)27-18-22-10-7-8-11-23(22)31-17-14-28(5-2)6-3;/h7-8,10-11,21H,4-6,9,12-20H2,1-3H3,(H2,25,26,27);1H. The van der Waals surface area contributed by atoms with Crippen LogP contribution < -0.4 is 15.4 Å². The van der Waals surface area contributed by atoms with Crippen LogP contribution in [0, 0.1) is 5.92 Å². The lowest BCUT2D eigenvalue weighted by Crippen LogP contribution is -2.38. The van der Waals surface area contributed by atoms with E-state index < -0.39 is 0 Å². The molecule has 184 valence electrons. The molecule has 0 radical (unpaired) electrons. The lowest BCUT2D eigenvalue weighted by Gasteiger charge is -2.19. The first-order valence-corrected chi connectivity index (χ1v) is 11.9. The fourth-order valence-electron chi connectivity index (χ4n) is 3.45. The van der Waals surface area contributed by atoms with Crippen molar-refractivity contribution in [1.29, 1.82) is 0 Å².